The predicted molar refractivity (Wildman–Crippen MR) is 93.3 cm³/mol. The average molecular weight is 345 g/mol. The number of nitrogens with one attached hydrogen (secondary N) is 2. The van der Waals surface area contributed by atoms with Crippen molar-refractivity contribution in [3.8, 4) is 0 Å². The second-order valence-corrected chi connectivity index (χ2v) is 6.83. The van der Waals surface area contributed by atoms with Gasteiger partial charge >= 0.3 is 0 Å². The Morgan fingerprint density at radius 1 is 1.21 bits per heavy atom. The van der Waals surface area contributed by atoms with E-state index < -0.39 is 6.10 Å². The minimum absolute atomic E-state index is 0.104. The summed E-state index contributed by atoms with van der Waals surface area (Å²) < 4.78 is 5.65. The Hall–Kier alpha value is -2.25. The first kappa shape index (κ1) is 16.6. The van der Waals surface area contributed by atoms with Gasteiger partial charge in [0.1, 0.15) is 6.10 Å². The molecule has 1 aromatic carbocycles. The zero-order valence-electron chi connectivity index (χ0n) is 13.5. The molecule has 0 aliphatic carbocycles. The van der Waals surface area contributed by atoms with Crippen LogP contribution in [-0.2, 0) is 9.53 Å². The van der Waals surface area contributed by atoms with Crippen LogP contribution in [0.15, 0.2) is 35.8 Å². The number of benzene rings is 1. The standard InChI is InChI=1S/C17H19N3O3S/c1-10-9-11(2)23-14(10)16(22)19-13-5-3-12(4-6-13)15(21)20-17-18-7-8-24-17/h3-8,10-11,14H,9H2,1-2H3,(H,19,22)(H,18,20,21)/t10-,11+,14-/m0/s1. The molecule has 0 spiro atoms. The van der Waals surface area contributed by atoms with Crippen molar-refractivity contribution >= 4 is 34.0 Å². The van der Waals surface area contributed by atoms with E-state index in [1.54, 1.807) is 35.8 Å². The lowest BCUT2D eigenvalue weighted by Crippen LogP contribution is -2.31. The predicted octanol–water partition coefficient (Wildman–Crippen LogP) is 3.15. The van der Waals surface area contributed by atoms with E-state index in [9.17, 15) is 9.59 Å². The number of nitrogens with zero attached hydrogens (tertiary/aromatic N) is 1. The summed E-state index contributed by atoms with van der Waals surface area (Å²) in [7, 11) is 0. The molecule has 3 rings (SSSR count). The molecule has 1 fully saturated rings. The molecule has 3 atom stereocenters. The van der Waals surface area contributed by atoms with E-state index in [2.05, 4.69) is 15.6 Å². The van der Waals surface area contributed by atoms with Gasteiger partial charge in [-0.05, 0) is 43.5 Å². The van der Waals surface area contributed by atoms with Gasteiger partial charge in [-0.2, -0.15) is 0 Å². The van der Waals surface area contributed by atoms with Crippen LogP contribution < -0.4 is 10.6 Å². The van der Waals surface area contributed by atoms with E-state index in [4.69, 9.17) is 4.74 Å². The number of anilines is 2. The highest BCUT2D eigenvalue weighted by Crippen LogP contribution is 2.26. The smallest absolute Gasteiger partial charge is 0.257 e. The summed E-state index contributed by atoms with van der Waals surface area (Å²) in [5.41, 5.74) is 1.14. The SMILES string of the molecule is C[C@@H]1C[C@H](C)[C@@H](C(=O)Nc2ccc(C(=O)Nc3nccs3)cc2)O1. The van der Waals surface area contributed by atoms with Crippen LogP contribution in [-0.4, -0.2) is 29.0 Å². The van der Waals surface area contributed by atoms with Crippen LogP contribution in [0.25, 0.3) is 0 Å². The summed E-state index contributed by atoms with van der Waals surface area (Å²) in [6, 6.07) is 6.75. The van der Waals surface area contributed by atoms with E-state index in [1.807, 2.05) is 13.8 Å². The fourth-order valence-corrected chi connectivity index (χ4v) is 3.30. The molecule has 2 N–H and O–H groups in total. The van der Waals surface area contributed by atoms with Crippen molar-refractivity contribution in [2.24, 2.45) is 5.92 Å². The Balaban J connectivity index is 1.60. The third-order valence-corrected chi connectivity index (χ3v) is 4.61. The number of aromatic nitrogens is 1. The summed E-state index contributed by atoms with van der Waals surface area (Å²) in [4.78, 5) is 28.4. The second kappa shape index (κ2) is 7.11. The van der Waals surface area contributed by atoms with Gasteiger partial charge in [0.15, 0.2) is 5.13 Å². The summed E-state index contributed by atoms with van der Waals surface area (Å²) in [5.74, 6) is -0.181. The Kier molecular flexibility index (Phi) is 4.92. The van der Waals surface area contributed by atoms with Crippen molar-refractivity contribution in [2.45, 2.75) is 32.5 Å². The van der Waals surface area contributed by atoms with Crippen molar-refractivity contribution in [1.82, 2.24) is 4.98 Å². The molecule has 2 aromatic rings. The van der Waals surface area contributed by atoms with Crippen molar-refractivity contribution < 1.29 is 14.3 Å². The van der Waals surface area contributed by atoms with Gasteiger partial charge in [-0.25, -0.2) is 4.98 Å². The van der Waals surface area contributed by atoms with Crippen LogP contribution in [0.1, 0.15) is 30.6 Å². The maximum atomic E-state index is 12.3. The van der Waals surface area contributed by atoms with Crippen LogP contribution in [0.4, 0.5) is 10.8 Å². The van der Waals surface area contributed by atoms with Crippen molar-refractivity contribution in [3.63, 3.8) is 0 Å². The molecule has 24 heavy (non-hydrogen) atoms. The number of amides is 2. The van der Waals surface area contributed by atoms with E-state index >= 15 is 0 Å². The lowest BCUT2D eigenvalue weighted by Gasteiger charge is -2.15. The molecule has 1 aliphatic rings. The van der Waals surface area contributed by atoms with Crippen LogP contribution in [0.5, 0.6) is 0 Å². The number of rotatable bonds is 4. The number of ether oxygens (including phenoxy) is 1. The Morgan fingerprint density at radius 2 is 1.96 bits per heavy atom. The quantitative estimate of drug-likeness (QED) is 0.892. The van der Waals surface area contributed by atoms with Gasteiger partial charge in [-0.3, -0.25) is 14.9 Å². The maximum Gasteiger partial charge on any atom is 0.257 e. The highest BCUT2D eigenvalue weighted by Gasteiger charge is 2.34. The van der Waals surface area contributed by atoms with Gasteiger partial charge in [0, 0.05) is 22.8 Å². The molecular formula is C17H19N3O3S. The lowest BCUT2D eigenvalue weighted by atomic mass is 10.0. The fraction of sp³-hybridized carbons (Fsp3) is 0.353. The molecule has 0 unspecified atom stereocenters. The van der Waals surface area contributed by atoms with Gasteiger partial charge in [-0.1, -0.05) is 6.92 Å². The highest BCUT2D eigenvalue weighted by molar-refractivity contribution is 7.13. The van der Waals surface area contributed by atoms with Gasteiger partial charge in [0.2, 0.25) is 0 Å². The molecule has 0 radical (unpaired) electrons. The Bertz CT molecular complexity index is 715. The summed E-state index contributed by atoms with van der Waals surface area (Å²) in [6.07, 6.45) is 2.19. The largest absolute Gasteiger partial charge is 0.365 e. The van der Waals surface area contributed by atoms with Crippen LogP contribution in [0, 0.1) is 5.92 Å². The minimum Gasteiger partial charge on any atom is -0.365 e. The Morgan fingerprint density at radius 3 is 2.54 bits per heavy atom. The number of carbonyl (C=O) groups is 2. The second-order valence-electron chi connectivity index (χ2n) is 5.94. The molecule has 126 valence electrons. The van der Waals surface area contributed by atoms with Crippen LogP contribution >= 0.6 is 11.3 Å². The zero-order chi connectivity index (χ0) is 17.1. The Labute approximate surface area is 144 Å². The third kappa shape index (κ3) is 3.80. The molecule has 1 saturated heterocycles. The summed E-state index contributed by atoms with van der Waals surface area (Å²) >= 11 is 1.36. The molecule has 0 bridgehead atoms. The lowest BCUT2D eigenvalue weighted by molar-refractivity contribution is -0.127. The molecule has 2 amide bonds. The average Bonchev–Trinajstić information content (AvgIpc) is 3.17. The minimum atomic E-state index is -0.423. The van der Waals surface area contributed by atoms with E-state index in [1.165, 1.54) is 11.3 Å². The fourth-order valence-electron chi connectivity index (χ4n) is 2.78. The first-order valence-corrected chi connectivity index (χ1v) is 8.68. The summed E-state index contributed by atoms with van der Waals surface area (Å²) in [5, 5.41) is 7.90. The van der Waals surface area contributed by atoms with Crippen LogP contribution in [0.2, 0.25) is 0 Å². The molecule has 7 heteroatoms. The van der Waals surface area contributed by atoms with Crippen molar-refractivity contribution in [2.75, 3.05) is 10.6 Å². The first-order chi connectivity index (χ1) is 11.5. The zero-order valence-corrected chi connectivity index (χ0v) is 14.3. The molecule has 6 nitrogen and oxygen atoms in total. The molecule has 2 heterocycles. The monoisotopic (exact) mass is 345 g/mol. The van der Waals surface area contributed by atoms with E-state index in [0.717, 1.165) is 6.42 Å². The molecule has 1 aromatic heterocycles. The van der Waals surface area contributed by atoms with Gasteiger partial charge in [0.05, 0.1) is 6.10 Å². The number of carbonyl (C=O) groups excluding carboxylic acids is 2. The normalized spacial score (nSPS) is 23.0. The van der Waals surface area contributed by atoms with Crippen LogP contribution in [0.3, 0.4) is 0 Å². The first-order valence-electron chi connectivity index (χ1n) is 7.80. The van der Waals surface area contributed by atoms with Gasteiger partial charge in [-0.15, -0.1) is 11.3 Å². The maximum absolute atomic E-state index is 12.3. The van der Waals surface area contributed by atoms with E-state index in [-0.39, 0.29) is 23.8 Å². The number of thiazole rings is 1. The van der Waals surface area contributed by atoms with E-state index in [0.29, 0.717) is 16.4 Å². The molecular weight excluding hydrogens is 326 g/mol. The van der Waals surface area contributed by atoms with Gasteiger partial charge < -0.3 is 10.1 Å². The third-order valence-electron chi connectivity index (χ3n) is 3.93. The highest BCUT2D eigenvalue weighted by atomic mass is 32.1. The van der Waals surface area contributed by atoms with Crippen molar-refractivity contribution in [3.05, 3.63) is 41.4 Å². The topological polar surface area (TPSA) is 80.3 Å². The van der Waals surface area contributed by atoms with Gasteiger partial charge in [0.25, 0.3) is 11.8 Å². The number of hydrogen-bond acceptors (Lipinski definition) is 5. The number of hydrogen-bond donors (Lipinski definition) is 2. The molecule has 0 saturated carbocycles. The van der Waals surface area contributed by atoms with Crippen molar-refractivity contribution in [1.29, 1.82) is 0 Å². The molecule has 1 aliphatic heterocycles. The summed E-state index contributed by atoms with van der Waals surface area (Å²) in [6.45, 7) is 3.99.